The SMILES string of the molecule is O=C1C[C@@H](c2ccccc2)[C@H](NC(=O)Nc2ccc(Cl)cc2)CN1. The molecule has 0 aromatic heterocycles. The van der Waals surface area contributed by atoms with Crippen LogP contribution in [-0.4, -0.2) is 24.5 Å². The van der Waals surface area contributed by atoms with Gasteiger partial charge in [-0.2, -0.15) is 0 Å². The molecule has 1 saturated heterocycles. The molecule has 2 aromatic carbocycles. The first kappa shape index (κ1) is 16.3. The largest absolute Gasteiger partial charge is 0.354 e. The summed E-state index contributed by atoms with van der Waals surface area (Å²) >= 11 is 5.84. The first-order chi connectivity index (χ1) is 11.6. The Balaban J connectivity index is 1.68. The number of piperidine rings is 1. The van der Waals surface area contributed by atoms with E-state index in [9.17, 15) is 9.59 Å². The van der Waals surface area contributed by atoms with Gasteiger partial charge in [-0.05, 0) is 29.8 Å². The summed E-state index contributed by atoms with van der Waals surface area (Å²) in [5, 5.41) is 9.15. The second-order valence-corrected chi connectivity index (χ2v) is 6.17. The fourth-order valence-corrected chi connectivity index (χ4v) is 2.98. The van der Waals surface area contributed by atoms with Gasteiger partial charge in [-0.1, -0.05) is 41.9 Å². The lowest BCUT2D eigenvalue weighted by molar-refractivity contribution is -0.123. The first-order valence-electron chi connectivity index (χ1n) is 7.76. The van der Waals surface area contributed by atoms with E-state index in [0.29, 0.717) is 23.7 Å². The van der Waals surface area contributed by atoms with Gasteiger partial charge in [0.1, 0.15) is 0 Å². The summed E-state index contributed by atoms with van der Waals surface area (Å²) in [7, 11) is 0. The maximum atomic E-state index is 12.3. The van der Waals surface area contributed by atoms with Crippen LogP contribution in [-0.2, 0) is 4.79 Å². The minimum Gasteiger partial charge on any atom is -0.354 e. The average Bonchev–Trinajstić information content (AvgIpc) is 2.59. The van der Waals surface area contributed by atoms with Gasteiger partial charge in [0, 0.05) is 29.6 Å². The number of hydrogen-bond donors (Lipinski definition) is 3. The Kier molecular flexibility index (Phi) is 5.01. The Bertz CT molecular complexity index is 719. The summed E-state index contributed by atoms with van der Waals surface area (Å²) in [6.07, 6.45) is 0.357. The zero-order valence-corrected chi connectivity index (χ0v) is 13.7. The quantitative estimate of drug-likeness (QED) is 0.801. The van der Waals surface area contributed by atoms with Gasteiger partial charge in [0.05, 0.1) is 6.04 Å². The maximum Gasteiger partial charge on any atom is 0.319 e. The predicted molar refractivity (Wildman–Crippen MR) is 94.2 cm³/mol. The third kappa shape index (κ3) is 4.06. The minimum atomic E-state index is -0.306. The molecule has 0 radical (unpaired) electrons. The van der Waals surface area contributed by atoms with Crippen molar-refractivity contribution >= 4 is 29.2 Å². The lowest BCUT2D eigenvalue weighted by atomic mass is 9.86. The van der Waals surface area contributed by atoms with E-state index >= 15 is 0 Å². The lowest BCUT2D eigenvalue weighted by Crippen LogP contribution is -2.52. The molecule has 0 saturated carbocycles. The van der Waals surface area contributed by atoms with Gasteiger partial charge in [-0.3, -0.25) is 4.79 Å². The van der Waals surface area contributed by atoms with Crippen LogP contribution in [0.5, 0.6) is 0 Å². The summed E-state index contributed by atoms with van der Waals surface area (Å²) in [4.78, 5) is 24.0. The number of nitrogens with one attached hydrogen (secondary N) is 3. The normalized spacial score (nSPS) is 20.1. The van der Waals surface area contributed by atoms with E-state index in [4.69, 9.17) is 11.6 Å². The van der Waals surface area contributed by atoms with Crippen molar-refractivity contribution < 1.29 is 9.59 Å². The van der Waals surface area contributed by atoms with Gasteiger partial charge in [0.2, 0.25) is 5.91 Å². The van der Waals surface area contributed by atoms with Crippen molar-refractivity contribution in [3.8, 4) is 0 Å². The molecule has 1 fully saturated rings. The van der Waals surface area contributed by atoms with Gasteiger partial charge in [0.15, 0.2) is 0 Å². The van der Waals surface area contributed by atoms with Crippen molar-refractivity contribution in [2.75, 3.05) is 11.9 Å². The van der Waals surface area contributed by atoms with E-state index in [2.05, 4.69) is 16.0 Å². The Morgan fingerprint density at radius 1 is 1.08 bits per heavy atom. The number of benzene rings is 2. The predicted octanol–water partition coefficient (Wildman–Crippen LogP) is 3.13. The van der Waals surface area contributed by atoms with Crippen LogP contribution in [0.3, 0.4) is 0 Å². The number of amides is 3. The van der Waals surface area contributed by atoms with E-state index in [1.165, 1.54) is 0 Å². The molecule has 0 spiro atoms. The van der Waals surface area contributed by atoms with Crippen LogP contribution in [0.1, 0.15) is 17.9 Å². The van der Waals surface area contributed by atoms with Crippen molar-refractivity contribution in [1.82, 2.24) is 10.6 Å². The van der Waals surface area contributed by atoms with Gasteiger partial charge in [-0.25, -0.2) is 4.79 Å². The molecule has 1 heterocycles. The molecular formula is C18H18ClN3O2. The van der Waals surface area contributed by atoms with Gasteiger partial charge in [-0.15, -0.1) is 0 Å². The molecule has 0 unspecified atom stereocenters. The molecule has 1 aliphatic rings. The third-order valence-corrected chi connectivity index (χ3v) is 4.31. The molecule has 2 atom stereocenters. The molecule has 3 N–H and O–H groups in total. The molecule has 5 nitrogen and oxygen atoms in total. The summed E-state index contributed by atoms with van der Waals surface area (Å²) in [5.74, 6) is -0.0454. The number of hydrogen-bond acceptors (Lipinski definition) is 2. The van der Waals surface area contributed by atoms with Crippen LogP contribution in [0.4, 0.5) is 10.5 Å². The highest BCUT2D eigenvalue weighted by atomic mass is 35.5. The number of urea groups is 1. The Labute approximate surface area is 145 Å². The molecule has 24 heavy (non-hydrogen) atoms. The lowest BCUT2D eigenvalue weighted by Gasteiger charge is -2.32. The minimum absolute atomic E-state index is 0.0000115. The summed E-state index contributed by atoms with van der Waals surface area (Å²) in [6.45, 7) is 0.409. The zero-order valence-electron chi connectivity index (χ0n) is 13.0. The molecule has 0 aliphatic carbocycles. The summed E-state index contributed by atoms with van der Waals surface area (Å²) in [5.41, 5.74) is 1.71. The van der Waals surface area contributed by atoms with E-state index in [-0.39, 0.29) is 23.9 Å². The molecule has 3 amide bonds. The molecule has 2 aromatic rings. The van der Waals surface area contributed by atoms with Crippen molar-refractivity contribution in [1.29, 1.82) is 0 Å². The van der Waals surface area contributed by atoms with E-state index in [0.717, 1.165) is 5.56 Å². The molecule has 124 valence electrons. The molecule has 6 heteroatoms. The van der Waals surface area contributed by atoms with Crippen LogP contribution in [0, 0.1) is 0 Å². The second kappa shape index (κ2) is 7.36. The maximum absolute atomic E-state index is 12.3. The Hall–Kier alpha value is -2.53. The fraction of sp³-hybridized carbons (Fsp3) is 0.222. The number of carbonyl (C=O) groups is 2. The van der Waals surface area contributed by atoms with Crippen molar-refractivity contribution in [3.05, 3.63) is 65.2 Å². The van der Waals surface area contributed by atoms with Crippen LogP contribution < -0.4 is 16.0 Å². The van der Waals surface area contributed by atoms with Crippen molar-refractivity contribution in [2.45, 2.75) is 18.4 Å². The van der Waals surface area contributed by atoms with E-state index in [1.54, 1.807) is 24.3 Å². The van der Waals surface area contributed by atoms with Crippen LogP contribution in [0.15, 0.2) is 54.6 Å². The first-order valence-corrected chi connectivity index (χ1v) is 8.14. The standard InChI is InChI=1S/C18H18ClN3O2/c19-13-6-8-14(9-7-13)21-18(24)22-16-11-20-17(23)10-15(16)12-4-2-1-3-5-12/h1-9,15-16H,10-11H2,(H,20,23)(H2,21,22,24)/t15-,16+/m0/s1. The van der Waals surface area contributed by atoms with Crippen LogP contribution in [0.25, 0.3) is 0 Å². The monoisotopic (exact) mass is 343 g/mol. The highest BCUT2D eigenvalue weighted by Crippen LogP contribution is 2.26. The van der Waals surface area contributed by atoms with E-state index < -0.39 is 0 Å². The second-order valence-electron chi connectivity index (χ2n) is 5.74. The number of carbonyl (C=O) groups excluding carboxylic acids is 2. The zero-order chi connectivity index (χ0) is 16.9. The molecular weight excluding hydrogens is 326 g/mol. The Morgan fingerprint density at radius 2 is 1.79 bits per heavy atom. The highest BCUT2D eigenvalue weighted by Gasteiger charge is 2.31. The fourth-order valence-electron chi connectivity index (χ4n) is 2.85. The third-order valence-electron chi connectivity index (χ3n) is 4.06. The topological polar surface area (TPSA) is 70.2 Å². The smallest absolute Gasteiger partial charge is 0.319 e. The molecule has 1 aliphatic heterocycles. The van der Waals surface area contributed by atoms with Gasteiger partial charge in [0.25, 0.3) is 0 Å². The molecule has 0 bridgehead atoms. The van der Waals surface area contributed by atoms with Gasteiger partial charge >= 0.3 is 6.03 Å². The van der Waals surface area contributed by atoms with Gasteiger partial charge < -0.3 is 16.0 Å². The van der Waals surface area contributed by atoms with Crippen LogP contribution >= 0.6 is 11.6 Å². The number of rotatable bonds is 3. The average molecular weight is 344 g/mol. The summed E-state index contributed by atoms with van der Waals surface area (Å²) < 4.78 is 0. The van der Waals surface area contributed by atoms with Crippen LogP contribution in [0.2, 0.25) is 5.02 Å². The number of halogens is 1. The summed E-state index contributed by atoms with van der Waals surface area (Å²) in [6, 6.07) is 16.2. The number of anilines is 1. The molecule has 3 rings (SSSR count). The Morgan fingerprint density at radius 3 is 2.50 bits per heavy atom. The van der Waals surface area contributed by atoms with Crippen molar-refractivity contribution in [2.24, 2.45) is 0 Å². The van der Waals surface area contributed by atoms with E-state index in [1.807, 2.05) is 30.3 Å². The highest BCUT2D eigenvalue weighted by molar-refractivity contribution is 6.30. The van der Waals surface area contributed by atoms with Crippen molar-refractivity contribution in [3.63, 3.8) is 0 Å².